The van der Waals surface area contributed by atoms with Crippen molar-refractivity contribution in [3.63, 3.8) is 0 Å². The van der Waals surface area contributed by atoms with Gasteiger partial charge in [0.2, 0.25) is 5.91 Å². The normalized spacial score (nSPS) is 19.0. The number of nitrogens with two attached hydrogens (primary N) is 1. The topological polar surface area (TPSA) is 65.1 Å². The number of fused-ring (bicyclic) bond motifs is 2. The summed E-state index contributed by atoms with van der Waals surface area (Å²) in [6.07, 6.45) is 6.45. The third-order valence-corrected chi connectivity index (χ3v) is 7.22. The van der Waals surface area contributed by atoms with Crippen LogP contribution in [0.15, 0.2) is 48.7 Å². The highest BCUT2D eigenvalue weighted by atomic mass is 16.1. The van der Waals surface area contributed by atoms with Crippen LogP contribution in [0.5, 0.6) is 0 Å². The highest BCUT2D eigenvalue weighted by Crippen LogP contribution is 2.39. The Hall–Kier alpha value is -3.14. The average Bonchev–Trinajstić information content (AvgIpc) is 3.28. The Morgan fingerprint density at radius 1 is 1.16 bits per heavy atom. The van der Waals surface area contributed by atoms with Gasteiger partial charge in [0.1, 0.15) is 0 Å². The first-order chi connectivity index (χ1) is 15.2. The maximum Gasteiger partial charge on any atom is 0.248 e. The van der Waals surface area contributed by atoms with Crippen LogP contribution < -0.4 is 5.73 Å². The first-order valence-corrected chi connectivity index (χ1v) is 11.5. The first-order valence-electron chi connectivity index (χ1n) is 11.5. The molecule has 0 radical (unpaired) electrons. The number of aromatic nitrogens is 1. The van der Waals surface area contributed by atoms with E-state index < -0.39 is 0 Å². The van der Waals surface area contributed by atoms with Crippen LogP contribution in [0.25, 0.3) is 5.69 Å². The summed E-state index contributed by atoms with van der Waals surface area (Å²) in [5, 5.41) is 0. The van der Waals surface area contributed by atoms with Gasteiger partial charge in [0.25, 0.3) is 0 Å². The Morgan fingerprint density at radius 3 is 2.72 bits per heavy atom. The van der Waals surface area contributed by atoms with Gasteiger partial charge in [0, 0.05) is 35.1 Å². The van der Waals surface area contributed by atoms with Gasteiger partial charge in [-0.1, -0.05) is 38.1 Å². The van der Waals surface area contributed by atoms with Crippen molar-refractivity contribution in [2.75, 3.05) is 0 Å². The second kappa shape index (κ2) is 7.47. The van der Waals surface area contributed by atoms with E-state index in [0.29, 0.717) is 17.9 Å². The van der Waals surface area contributed by atoms with E-state index >= 15 is 0 Å². The maximum absolute atomic E-state index is 12.8. The number of ketones is 1. The highest BCUT2D eigenvalue weighted by Gasteiger charge is 2.35. The van der Waals surface area contributed by atoms with Crippen LogP contribution in [0.4, 0.5) is 0 Å². The summed E-state index contributed by atoms with van der Waals surface area (Å²) < 4.78 is 2.15. The van der Waals surface area contributed by atoms with Crippen molar-refractivity contribution in [2.24, 2.45) is 11.1 Å². The van der Waals surface area contributed by atoms with Gasteiger partial charge in [-0.05, 0) is 84.4 Å². The molecule has 1 atom stereocenters. The van der Waals surface area contributed by atoms with E-state index in [-0.39, 0.29) is 17.1 Å². The molecule has 0 spiro atoms. The highest BCUT2D eigenvalue weighted by molar-refractivity contribution is 6.00. The number of carbonyl (C=O) groups is 2. The van der Waals surface area contributed by atoms with E-state index in [1.807, 2.05) is 19.1 Å². The maximum atomic E-state index is 12.8. The molecule has 0 fully saturated rings. The minimum atomic E-state index is -0.389. The van der Waals surface area contributed by atoms with Crippen molar-refractivity contribution in [3.05, 3.63) is 87.7 Å². The summed E-state index contributed by atoms with van der Waals surface area (Å²) in [7, 11) is 0. The number of benzene rings is 2. The van der Waals surface area contributed by atoms with Crippen molar-refractivity contribution in [1.29, 1.82) is 0 Å². The molecule has 5 rings (SSSR count). The molecule has 0 bridgehead atoms. The Bertz CT molecular complexity index is 1250. The van der Waals surface area contributed by atoms with E-state index in [4.69, 9.17) is 5.73 Å². The summed E-state index contributed by atoms with van der Waals surface area (Å²) in [5.74, 6) is 0.226. The first kappa shape index (κ1) is 20.7. The molecule has 164 valence electrons. The van der Waals surface area contributed by atoms with Gasteiger partial charge in [-0.15, -0.1) is 0 Å². The minimum Gasteiger partial charge on any atom is -0.366 e. The van der Waals surface area contributed by atoms with Gasteiger partial charge in [0.15, 0.2) is 5.78 Å². The molecule has 2 aliphatic carbocycles. The SMILES string of the molecule is Cc1cn(-c2ccc(C(N)=O)c(CC3CCc4ccccc43)c2)c2c1C(=O)CC(C)(C)C2. The van der Waals surface area contributed by atoms with Crippen molar-refractivity contribution >= 4 is 11.7 Å². The summed E-state index contributed by atoms with van der Waals surface area (Å²) in [5.41, 5.74) is 14.0. The molecule has 2 N–H and O–H groups in total. The number of rotatable bonds is 4. The lowest BCUT2D eigenvalue weighted by atomic mass is 9.75. The summed E-state index contributed by atoms with van der Waals surface area (Å²) in [4.78, 5) is 25.1. The molecule has 4 nitrogen and oxygen atoms in total. The molecule has 4 heteroatoms. The molecular weight excluding hydrogens is 396 g/mol. The predicted octanol–water partition coefficient (Wildman–Crippen LogP) is 5.31. The fraction of sp³-hybridized carbons (Fsp3) is 0.357. The summed E-state index contributed by atoms with van der Waals surface area (Å²) in [6.45, 7) is 6.32. The van der Waals surface area contributed by atoms with Crippen LogP contribution in [0.1, 0.15) is 81.3 Å². The number of hydrogen-bond donors (Lipinski definition) is 1. The second-order valence-corrected chi connectivity index (χ2v) is 10.3. The van der Waals surface area contributed by atoms with Crippen molar-refractivity contribution in [1.82, 2.24) is 4.57 Å². The molecule has 1 heterocycles. The number of hydrogen-bond acceptors (Lipinski definition) is 2. The van der Waals surface area contributed by atoms with E-state index in [0.717, 1.165) is 53.8 Å². The molecule has 1 unspecified atom stereocenters. The molecule has 1 aromatic heterocycles. The Labute approximate surface area is 189 Å². The molecule has 0 aliphatic heterocycles. The average molecular weight is 427 g/mol. The molecule has 1 amide bonds. The quantitative estimate of drug-likeness (QED) is 0.614. The third kappa shape index (κ3) is 3.48. The lowest BCUT2D eigenvalue weighted by Gasteiger charge is -2.30. The lowest BCUT2D eigenvalue weighted by Crippen LogP contribution is -2.28. The van der Waals surface area contributed by atoms with Gasteiger partial charge in [-0.3, -0.25) is 9.59 Å². The zero-order valence-electron chi connectivity index (χ0n) is 19.1. The van der Waals surface area contributed by atoms with Crippen molar-refractivity contribution in [3.8, 4) is 5.69 Å². The number of nitrogens with zero attached hydrogens (tertiary/aromatic N) is 1. The Balaban J connectivity index is 1.58. The molecule has 2 aromatic carbocycles. The number of primary amides is 1. The fourth-order valence-corrected chi connectivity index (χ4v) is 5.77. The van der Waals surface area contributed by atoms with Crippen LogP contribution in [0, 0.1) is 12.3 Å². The lowest BCUT2D eigenvalue weighted by molar-refractivity contribution is 0.0909. The van der Waals surface area contributed by atoms with Gasteiger partial charge in [0.05, 0.1) is 0 Å². The van der Waals surface area contributed by atoms with Gasteiger partial charge >= 0.3 is 0 Å². The van der Waals surface area contributed by atoms with Crippen LogP contribution in [-0.2, 0) is 19.3 Å². The molecular formula is C28H30N2O2. The molecule has 0 saturated heterocycles. The molecule has 2 aliphatic rings. The summed E-state index contributed by atoms with van der Waals surface area (Å²) in [6, 6.07) is 14.5. The Morgan fingerprint density at radius 2 is 1.94 bits per heavy atom. The summed E-state index contributed by atoms with van der Waals surface area (Å²) >= 11 is 0. The minimum absolute atomic E-state index is 0.0593. The van der Waals surface area contributed by atoms with Crippen LogP contribution in [0.2, 0.25) is 0 Å². The van der Waals surface area contributed by atoms with Gasteiger partial charge in [-0.25, -0.2) is 0 Å². The van der Waals surface area contributed by atoms with Crippen molar-refractivity contribution in [2.45, 2.75) is 58.8 Å². The Kier molecular flexibility index (Phi) is 4.85. The van der Waals surface area contributed by atoms with Crippen LogP contribution in [-0.4, -0.2) is 16.3 Å². The van der Waals surface area contributed by atoms with E-state index in [1.54, 1.807) is 0 Å². The van der Waals surface area contributed by atoms with Crippen LogP contribution in [0.3, 0.4) is 0 Å². The van der Waals surface area contributed by atoms with Gasteiger partial charge < -0.3 is 10.3 Å². The van der Waals surface area contributed by atoms with Crippen molar-refractivity contribution < 1.29 is 9.59 Å². The standard InChI is InChI=1S/C28H30N2O2/c1-17-16-30(24-14-28(2,3)15-25(31)26(17)24)21-10-11-23(27(29)32)20(13-21)12-19-9-8-18-6-4-5-7-22(18)19/h4-7,10-11,13,16,19H,8-9,12,14-15H2,1-3H3,(H2,29,32). The monoisotopic (exact) mass is 426 g/mol. The number of amides is 1. The smallest absolute Gasteiger partial charge is 0.248 e. The van der Waals surface area contributed by atoms with E-state index in [1.165, 1.54) is 11.1 Å². The fourth-order valence-electron chi connectivity index (χ4n) is 5.77. The van der Waals surface area contributed by atoms with E-state index in [9.17, 15) is 9.59 Å². The molecule has 3 aromatic rings. The van der Waals surface area contributed by atoms with Gasteiger partial charge in [-0.2, -0.15) is 0 Å². The number of carbonyl (C=O) groups excluding carboxylic acids is 2. The largest absolute Gasteiger partial charge is 0.366 e. The second-order valence-electron chi connectivity index (χ2n) is 10.3. The van der Waals surface area contributed by atoms with E-state index in [2.05, 4.69) is 54.9 Å². The van der Waals surface area contributed by atoms with Crippen LogP contribution >= 0.6 is 0 Å². The molecule has 0 saturated carbocycles. The third-order valence-electron chi connectivity index (χ3n) is 7.22. The number of aryl methyl sites for hydroxylation is 2. The zero-order chi connectivity index (χ0) is 22.6. The molecule has 32 heavy (non-hydrogen) atoms. The number of Topliss-reactive ketones (excluding diaryl/α,β-unsaturated/α-hetero) is 1. The predicted molar refractivity (Wildman–Crippen MR) is 127 cm³/mol. The zero-order valence-corrected chi connectivity index (χ0v) is 19.1.